The molecule has 1 atom stereocenters. The first-order valence-corrected chi connectivity index (χ1v) is 4.12. The maximum absolute atomic E-state index is 7.20. The summed E-state index contributed by atoms with van der Waals surface area (Å²) in [6.07, 6.45) is 6.99. The van der Waals surface area contributed by atoms with Crippen molar-refractivity contribution in [3.63, 3.8) is 0 Å². The summed E-state index contributed by atoms with van der Waals surface area (Å²) >= 11 is 0. The lowest BCUT2D eigenvalue weighted by Crippen LogP contribution is -2.10. The van der Waals surface area contributed by atoms with Gasteiger partial charge in [-0.1, -0.05) is 18.2 Å². The van der Waals surface area contributed by atoms with Crippen LogP contribution in [0.4, 0.5) is 0 Å². The second-order valence-electron chi connectivity index (χ2n) is 3.08. The van der Waals surface area contributed by atoms with Crippen LogP contribution in [-0.4, -0.2) is 6.21 Å². The van der Waals surface area contributed by atoms with Crippen LogP contribution in [0.5, 0.6) is 0 Å². The largest absolute Gasteiger partial charge is 0.312 e. The number of hydrogen-bond acceptors (Lipinski definition) is 1. The van der Waals surface area contributed by atoms with Crippen molar-refractivity contribution in [2.24, 2.45) is 5.92 Å². The van der Waals surface area contributed by atoms with Crippen LogP contribution in [0.1, 0.15) is 26.2 Å². The smallest absolute Gasteiger partial charge is 0.0148 e. The minimum absolute atomic E-state index is 0.386. The van der Waals surface area contributed by atoms with Gasteiger partial charge in [0.15, 0.2) is 0 Å². The summed E-state index contributed by atoms with van der Waals surface area (Å²) in [6, 6.07) is 0. The van der Waals surface area contributed by atoms with Gasteiger partial charge in [-0.15, -0.1) is 0 Å². The van der Waals surface area contributed by atoms with Crippen LogP contribution < -0.4 is 0 Å². The van der Waals surface area contributed by atoms with Crippen molar-refractivity contribution < 1.29 is 0 Å². The number of hydrogen-bond donors (Lipinski definition) is 1. The van der Waals surface area contributed by atoms with Gasteiger partial charge in [0.05, 0.1) is 0 Å². The molecule has 0 amide bonds. The van der Waals surface area contributed by atoms with Crippen molar-refractivity contribution in [3.8, 4) is 0 Å². The van der Waals surface area contributed by atoms with Crippen LogP contribution in [-0.2, 0) is 0 Å². The second-order valence-corrected chi connectivity index (χ2v) is 3.08. The van der Waals surface area contributed by atoms with E-state index in [9.17, 15) is 0 Å². The molecule has 0 saturated carbocycles. The summed E-state index contributed by atoms with van der Waals surface area (Å²) in [6.45, 7) is 5.89. The van der Waals surface area contributed by atoms with Crippen LogP contribution in [0.2, 0.25) is 0 Å². The van der Waals surface area contributed by atoms with Gasteiger partial charge in [0.2, 0.25) is 0 Å². The molecule has 1 rings (SSSR count). The topological polar surface area (TPSA) is 23.9 Å². The van der Waals surface area contributed by atoms with Crippen molar-refractivity contribution in [3.05, 3.63) is 23.8 Å². The van der Waals surface area contributed by atoms with Crippen molar-refractivity contribution >= 4 is 6.21 Å². The molecule has 11 heavy (non-hydrogen) atoms. The highest BCUT2D eigenvalue weighted by Crippen LogP contribution is 2.28. The Morgan fingerprint density at radius 2 is 2.36 bits per heavy atom. The summed E-state index contributed by atoms with van der Waals surface area (Å²) < 4.78 is 0. The molecule has 0 spiro atoms. The van der Waals surface area contributed by atoms with Gasteiger partial charge in [0.1, 0.15) is 0 Å². The molecule has 0 aromatic rings. The van der Waals surface area contributed by atoms with E-state index in [1.807, 2.05) is 6.08 Å². The zero-order valence-electron chi connectivity index (χ0n) is 7.06. The molecule has 1 aliphatic rings. The summed E-state index contributed by atoms with van der Waals surface area (Å²) in [5, 5.41) is 7.20. The first-order chi connectivity index (χ1) is 5.29. The fraction of sp³-hybridized carbons (Fsp3) is 0.500. The molecular formula is C10H15N. The Kier molecular flexibility index (Phi) is 2.64. The first kappa shape index (κ1) is 8.25. The molecule has 0 radical (unpaired) electrons. The Hall–Kier alpha value is -0.850. The quantitative estimate of drug-likeness (QED) is 0.584. The Balaban J connectivity index is 2.87. The van der Waals surface area contributed by atoms with E-state index >= 15 is 0 Å². The molecule has 1 heteroatoms. The Morgan fingerprint density at radius 3 is 2.91 bits per heavy atom. The third kappa shape index (κ3) is 1.59. The molecule has 0 fully saturated rings. The van der Waals surface area contributed by atoms with E-state index in [2.05, 4.69) is 13.5 Å². The summed E-state index contributed by atoms with van der Waals surface area (Å²) in [5.41, 5.74) is 2.70. The molecule has 0 aliphatic heterocycles. The van der Waals surface area contributed by atoms with Crippen LogP contribution in [0.3, 0.4) is 0 Å². The van der Waals surface area contributed by atoms with E-state index in [4.69, 9.17) is 5.41 Å². The molecule has 0 aromatic heterocycles. The molecule has 1 nitrogen and oxygen atoms in total. The Labute approximate surface area is 68.3 Å². The van der Waals surface area contributed by atoms with Gasteiger partial charge in [-0.2, -0.15) is 0 Å². The highest BCUT2D eigenvalue weighted by Gasteiger charge is 2.15. The molecule has 1 unspecified atom stereocenters. The molecule has 0 bridgehead atoms. The maximum atomic E-state index is 7.20. The van der Waals surface area contributed by atoms with Crippen LogP contribution >= 0.6 is 0 Å². The predicted octanol–water partition coefficient (Wildman–Crippen LogP) is 2.94. The summed E-state index contributed by atoms with van der Waals surface area (Å²) in [5.74, 6) is 0.386. The van der Waals surface area contributed by atoms with Gasteiger partial charge in [0, 0.05) is 12.1 Å². The Bertz CT molecular complexity index is 201. The third-order valence-electron chi connectivity index (χ3n) is 2.47. The second kappa shape index (κ2) is 3.51. The fourth-order valence-electron chi connectivity index (χ4n) is 1.64. The standard InChI is InChI=1S/C10H15N/c1-3-9-5-4-6-10(7-11)8(9)2/h3,7,10-11H,1,4-6H2,2H3. The minimum Gasteiger partial charge on any atom is -0.312 e. The van der Waals surface area contributed by atoms with E-state index in [0.717, 1.165) is 12.8 Å². The van der Waals surface area contributed by atoms with E-state index in [-0.39, 0.29) is 0 Å². The normalized spacial score (nSPS) is 25.0. The zero-order valence-corrected chi connectivity index (χ0v) is 7.06. The molecule has 0 saturated heterocycles. The first-order valence-electron chi connectivity index (χ1n) is 4.12. The minimum atomic E-state index is 0.386. The van der Waals surface area contributed by atoms with Crippen molar-refractivity contribution in [1.29, 1.82) is 5.41 Å². The van der Waals surface area contributed by atoms with E-state index in [0.29, 0.717) is 5.92 Å². The van der Waals surface area contributed by atoms with Gasteiger partial charge in [0.25, 0.3) is 0 Å². The molecule has 0 heterocycles. The number of allylic oxidation sites excluding steroid dienone is 3. The van der Waals surface area contributed by atoms with Gasteiger partial charge < -0.3 is 5.41 Å². The van der Waals surface area contributed by atoms with Crippen molar-refractivity contribution in [2.45, 2.75) is 26.2 Å². The highest BCUT2D eigenvalue weighted by molar-refractivity contribution is 5.62. The molecule has 0 aromatic carbocycles. The monoisotopic (exact) mass is 149 g/mol. The summed E-state index contributed by atoms with van der Waals surface area (Å²) in [4.78, 5) is 0. The van der Waals surface area contributed by atoms with Gasteiger partial charge >= 0.3 is 0 Å². The molecular weight excluding hydrogens is 134 g/mol. The van der Waals surface area contributed by atoms with Crippen molar-refractivity contribution in [2.75, 3.05) is 0 Å². The molecule has 1 aliphatic carbocycles. The number of nitrogens with one attached hydrogen (secondary N) is 1. The van der Waals surface area contributed by atoms with Crippen LogP contribution in [0.25, 0.3) is 0 Å². The average molecular weight is 149 g/mol. The lowest BCUT2D eigenvalue weighted by Gasteiger charge is -2.21. The highest BCUT2D eigenvalue weighted by atomic mass is 14.4. The van der Waals surface area contributed by atoms with Crippen molar-refractivity contribution in [1.82, 2.24) is 0 Å². The maximum Gasteiger partial charge on any atom is 0.0148 e. The molecule has 60 valence electrons. The SMILES string of the molecule is C=CC1=C(C)C(C=N)CCC1. The molecule has 1 N–H and O–H groups in total. The third-order valence-corrected chi connectivity index (χ3v) is 2.47. The van der Waals surface area contributed by atoms with Gasteiger partial charge in [-0.25, -0.2) is 0 Å². The fourth-order valence-corrected chi connectivity index (χ4v) is 1.64. The lowest BCUT2D eigenvalue weighted by atomic mass is 9.84. The van der Waals surface area contributed by atoms with E-state index in [1.54, 1.807) is 6.21 Å². The Morgan fingerprint density at radius 1 is 1.64 bits per heavy atom. The van der Waals surface area contributed by atoms with Gasteiger partial charge in [-0.3, -0.25) is 0 Å². The average Bonchev–Trinajstić information content (AvgIpc) is 2.05. The van der Waals surface area contributed by atoms with E-state index in [1.165, 1.54) is 17.6 Å². The van der Waals surface area contributed by atoms with Crippen LogP contribution in [0, 0.1) is 11.3 Å². The predicted molar refractivity (Wildman–Crippen MR) is 49.0 cm³/mol. The summed E-state index contributed by atoms with van der Waals surface area (Å²) in [7, 11) is 0. The zero-order chi connectivity index (χ0) is 8.27. The number of rotatable bonds is 2. The lowest BCUT2D eigenvalue weighted by molar-refractivity contribution is 0.615. The van der Waals surface area contributed by atoms with Crippen LogP contribution in [0.15, 0.2) is 23.8 Å². The van der Waals surface area contributed by atoms with Gasteiger partial charge in [-0.05, 0) is 31.8 Å². The van der Waals surface area contributed by atoms with E-state index < -0.39 is 0 Å².